The van der Waals surface area contributed by atoms with Crippen molar-refractivity contribution in [2.45, 2.75) is 38.6 Å². The van der Waals surface area contributed by atoms with Gasteiger partial charge < -0.3 is 9.73 Å². The third-order valence-corrected chi connectivity index (χ3v) is 5.90. The molecular weight excluding hydrogens is 400 g/mol. The second kappa shape index (κ2) is 9.49. The van der Waals surface area contributed by atoms with Crippen LogP contribution in [0.5, 0.6) is 0 Å². The predicted molar refractivity (Wildman–Crippen MR) is 117 cm³/mol. The Bertz CT molecular complexity index is 977. The maximum atomic E-state index is 13.1. The van der Waals surface area contributed by atoms with Crippen molar-refractivity contribution in [2.24, 2.45) is 0 Å². The van der Waals surface area contributed by atoms with E-state index in [0.29, 0.717) is 23.6 Å². The summed E-state index contributed by atoms with van der Waals surface area (Å²) in [7, 11) is 0. The molecule has 1 aromatic carbocycles. The van der Waals surface area contributed by atoms with E-state index in [4.69, 9.17) is 16.0 Å². The highest BCUT2D eigenvalue weighted by molar-refractivity contribution is 6.30. The first-order valence-corrected chi connectivity index (χ1v) is 10.9. The van der Waals surface area contributed by atoms with Crippen molar-refractivity contribution in [1.29, 1.82) is 0 Å². The average Bonchev–Trinajstić information content (AvgIpc) is 3.44. The minimum Gasteiger partial charge on any atom is -0.468 e. The molecule has 2 aromatic heterocycles. The molecule has 1 N–H and O–H groups in total. The molecule has 0 spiro atoms. The molecule has 1 aliphatic rings. The molecule has 7 heteroatoms. The number of hydrogen-bond acceptors (Lipinski definition) is 4. The van der Waals surface area contributed by atoms with Crippen LogP contribution in [0.25, 0.3) is 5.69 Å². The Morgan fingerprint density at radius 3 is 2.77 bits per heavy atom. The number of carbonyl (C=O) groups excluding carboxylic acids is 1. The number of piperidine rings is 1. The van der Waals surface area contributed by atoms with E-state index >= 15 is 0 Å². The third-order valence-electron chi connectivity index (χ3n) is 5.66. The molecule has 1 amide bonds. The molecule has 1 atom stereocenters. The number of rotatable bonds is 7. The zero-order valence-corrected chi connectivity index (χ0v) is 17.9. The van der Waals surface area contributed by atoms with Crippen LogP contribution in [0, 0.1) is 0 Å². The van der Waals surface area contributed by atoms with Gasteiger partial charge >= 0.3 is 0 Å². The summed E-state index contributed by atoms with van der Waals surface area (Å²) in [5.41, 5.74) is 2.30. The summed E-state index contributed by atoms with van der Waals surface area (Å²) >= 11 is 6.13. The van der Waals surface area contributed by atoms with E-state index in [9.17, 15) is 4.79 Å². The molecule has 0 aliphatic carbocycles. The Morgan fingerprint density at radius 2 is 2.07 bits per heavy atom. The molecule has 0 radical (unpaired) electrons. The highest BCUT2D eigenvalue weighted by atomic mass is 35.5. The van der Waals surface area contributed by atoms with Gasteiger partial charge in [0.25, 0.3) is 5.91 Å². The first kappa shape index (κ1) is 20.7. The van der Waals surface area contributed by atoms with Crippen LogP contribution in [-0.4, -0.2) is 40.2 Å². The van der Waals surface area contributed by atoms with Crippen LogP contribution >= 0.6 is 11.6 Å². The largest absolute Gasteiger partial charge is 0.468 e. The summed E-state index contributed by atoms with van der Waals surface area (Å²) in [6.45, 7) is 4.56. The molecule has 0 bridgehead atoms. The number of likely N-dealkylation sites (tertiary alicyclic amines) is 1. The summed E-state index contributed by atoms with van der Waals surface area (Å²) in [4.78, 5) is 15.5. The number of amides is 1. The number of hydrogen-bond donors (Lipinski definition) is 1. The summed E-state index contributed by atoms with van der Waals surface area (Å²) in [5.74, 6) is 0.774. The second-order valence-corrected chi connectivity index (χ2v) is 8.02. The van der Waals surface area contributed by atoms with Gasteiger partial charge in [0.15, 0.2) is 0 Å². The molecule has 0 saturated carbocycles. The minimum absolute atomic E-state index is 0.0392. The summed E-state index contributed by atoms with van der Waals surface area (Å²) in [6.07, 6.45) is 7.63. The van der Waals surface area contributed by atoms with Gasteiger partial charge in [-0.05, 0) is 62.7 Å². The molecular formula is C23H27ClN4O2. The van der Waals surface area contributed by atoms with Crippen LogP contribution in [0.3, 0.4) is 0 Å². The zero-order chi connectivity index (χ0) is 20.9. The first-order chi connectivity index (χ1) is 14.7. The lowest BCUT2D eigenvalue weighted by Crippen LogP contribution is -2.40. The van der Waals surface area contributed by atoms with E-state index in [-0.39, 0.29) is 11.9 Å². The van der Waals surface area contributed by atoms with Crippen molar-refractivity contribution in [3.63, 3.8) is 0 Å². The maximum Gasteiger partial charge on any atom is 0.254 e. The standard InChI is InChI=1S/C23H27ClN4O2/c1-2-20-19(15-26-28(20)18-9-6-8-17(24)14-18)23(29)25-16-21(22-10-7-13-30-22)27-11-4-3-5-12-27/h6-10,13-15,21H,2-5,11-12,16H2,1H3,(H,25,29). The number of benzene rings is 1. The lowest BCUT2D eigenvalue weighted by molar-refractivity contribution is 0.0913. The van der Waals surface area contributed by atoms with Crippen LogP contribution in [0.15, 0.2) is 53.3 Å². The topological polar surface area (TPSA) is 63.3 Å². The quantitative estimate of drug-likeness (QED) is 0.597. The van der Waals surface area contributed by atoms with E-state index in [2.05, 4.69) is 15.3 Å². The van der Waals surface area contributed by atoms with Gasteiger partial charge in [0.05, 0.1) is 35.4 Å². The van der Waals surface area contributed by atoms with Crippen molar-refractivity contribution in [1.82, 2.24) is 20.0 Å². The molecule has 6 nitrogen and oxygen atoms in total. The fraction of sp³-hybridized carbons (Fsp3) is 0.391. The van der Waals surface area contributed by atoms with Gasteiger partial charge in [0.2, 0.25) is 0 Å². The molecule has 4 rings (SSSR count). The summed E-state index contributed by atoms with van der Waals surface area (Å²) in [6, 6.07) is 11.4. The normalized spacial score (nSPS) is 15.8. The molecule has 1 fully saturated rings. The van der Waals surface area contributed by atoms with Crippen LogP contribution in [0.4, 0.5) is 0 Å². The highest BCUT2D eigenvalue weighted by Gasteiger charge is 2.26. The van der Waals surface area contributed by atoms with Gasteiger partial charge in [-0.25, -0.2) is 4.68 Å². The average molecular weight is 427 g/mol. The lowest BCUT2D eigenvalue weighted by atomic mass is 10.1. The molecule has 30 heavy (non-hydrogen) atoms. The molecule has 1 aliphatic heterocycles. The number of nitrogens with one attached hydrogen (secondary N) is 1. The number of carbonyl (C=O) groups is 1. The zero-order valence-electron chi connectivity index (χ0n) is 17.2. The highest BCUT2D eigenvalue weighted by Crippen LogP contribution is 2.25. The number of halogens is 1. The van der Waals surface area contributed by atoms with E-state index in [1.54, 1.807) is 17.1 Å². The van der Waals surface area contributed by atoms with Crippen LogP contribution in [-0.2, 0) is 6.42 Å². The Morgan fingerprint density at radius 1 is 1.23 bits per heavy atom. The van der Waals surface area contributed by atoms with E-state index in [0.717, 1.165) is 30.2 Å². The molecule has 1 unspecified atom stereocenters. The minimum atomic E-state index is -0.117. The van der Waals surface area contributed by atoms with Crippen LogP contribution < -0.4 is 5.32 Å². The molecule has 3 aromatic rings. The number of nitrogens with zero attached hydrogens (tertiary/aromatic N) is 3. The Hall–Kier alpha value is -2.57. The van der Waals surface area contributed by atoms with Crippen molar-refractivity contribution in [2.75, 3.05) is 19.6 Å². The number of furan rings is 1. The predicted octanol–water partition coefficient (Wildman–Crippen LogP) is 4.64. The van der Waals surface area contributed by atoms with E-state index in [1.165, 1.54) is 19.3 Å². The van der Waals surface area contributed by atoms with Crippen LogP contribution in [0.1, 0.15) is 54.0 Å². The Labute approximate surface area is 181 Å². The Balaban J connectivity index is 1.51. The molecule has 1 saturated heterocycles. The van der Waals surface area contributed by atoms with Gasteiger partial charge in [0.1, 0.15) is 5.76 Å². The fourth-order valence-electron chi connectivity index (χ4n) is 4.14. The monoisotopic (exact) mass is 426 g/mol. The third kappa shape index (κ3) is 4.45. The second-order valence-electron chi connectivity index (χ2n) is 7.59. The smallest absolute Gasteiger partial charge is 0.254 e. The van der Waals surface area contributed by atoms with E-state index < -0.39 is 0 Å². The maximum absolute atomic E-state index is 13.1. The van der Waals surface area contributed by atoms with E-state index in [1.807, 2.05) is 43.3 Å². The van der Waals surface area contributed by atoms with Gasteiger partial charge in [-0.2, -0.15) is 5.10 Å². The van der Waals surface area contributed by atoms with Crippen molar-refractivity contribution >= 4 is 17.5 Å². The summed E-state index contributed by atoms with van der Waals surface area (Å²) < 4.78 is 7.47. The first-order valence-electron chi connectivity index (χ1n) is 10.6. The van der Waals surface area contributed by atoms with Gasteiger partial charge in [-0.3, -0.25) is 9.69 Å². The fourth-order valence-corrected chi connectivity index (χ4v) is 4.32. The van der Waals surface area contributed by atoms with Gasteiger partial charge in [-0.1, -0.05) is 31.0 Å². The van der Waals surface area contributed by atoms with Crippen LogP contribution in [0.2, 0.25) is 5.02 Å². The summed E-state index contributed by atoms with van der Waals surface area (Å²) in [5, 5.41) is 8.21. The SMILES string of the molecule is CCc1c(C(=O)NCC(c2ccco2)N2CCCCC2)cnn1-c1cccc(Cl)c1. The van der Waals surface area contributed by atoms with Crippen molar-refractivity contribution in [3.8, 4) is 5.69 Å². The molecule has 3 heterocycles. The lowest BCUT2D eigenvalue weighted by Gasteiger charge is -2.33. The van der Waals surface area contributed by atoms with Crippen molar-refractivity contribution < 1.29 is 9.21 Å². The van der Waals surface area contributed by atoms with Crippen molar-refractivity contribution in [3.05, 3.63) is 70.9 Å². The number of aromatic nitrogens is 2. The Kier molecular flexibility index (Phi) is 6.55. The molecule has 158 valence electrons. The van der Waals surface area contributed by atoms with Gasteiger partial charge in [0, 0.05) is 11.6 Å². The van der Waals surface area contributed by atoms with Gasteiger partial charge in [-0.15, -0.1) is 0 Å².